The van der Waals surface area contributed by atoms with Gasteiger partial charge in [-0.2, -0.15) is 0 Å². The van der Waals surface area contributed by atoms with Gasteiger partial charge in [-0.1, -0.05) is 18.2 Å². The Hall–Kier alpha value is -2.14. The van der Waals surface area contributed by atoms with E-state index in [1.54, 1.807) is 22.1 Å². The van der Waals surface area contributed by atoms with E-state index in [0.717, 1.165) is 15.3 Å². The number of anilines is 1. The second kappa shape index (κ2) is 4.51. The first-order chi connectivity index (χ1) is 9.15. The Morgan fingerprint density at radius 1 is 1.37 bits per heavy atom. The lowest BCUT2D eigenvalue weighted by Gasteiger charge is -2.09. The van der Waals surface area contributed by atoms with Crippen LogP contribution in [-0.4, -0.2) is 9.55 Å². The van der Waals surface area contributed by atoms with E-state index < -0.39 is 0 Å². The number of rotatable bonds is 2. The van der Waals surface area contributed by atoms with Gasteiger partial charge in [0.1, 0.15) is 5.82 Å². The quantitative estimate of drug-likeness (QED) is 0.778. The number of nitrogens with zero attached hydrogens (tertiary/aromatic N) is 2. The van der Waals surface area contributed by atoms with Gasteiger partial charge in [-0.25, -0.2) is 4.98 Å². The average Bonchev–Trinajstić information content (AvgIpc) is 2.80. The van der Waals surface area contributed by atoms with E-state index in [1.807, 2.05) is 37.3 Å². The molecule has 0 bridgehead atoms. The molecule has 0 saturated carbocycles. The lowest BCUT2D eigenvalue weighted by molar-refractivity contribution is 0.790. The van der Waals surface area contributed by atoms with Crippen LogP contribution >= 0.6 is 11.3 Å². The zero-order valence-corrected chi connectivity index (χ0v) is 11.3. The molecular formula is C14H13N3OS. The number of nitrogen functional groups attached to an aromatic ring is 1. The van der Waals surface area contributed by atoms with Crippen LogP contribution in [0.4, 0.5) is 5.82 Å². The third-order valence-electron chi connectivity index (χ3n) is 3.03. The molecule has 2 aromatic heterocycles. The molecule has 3 rings (SSSR count). The van der Waals surface area contributed by atoms with Gasteiger partial charge in [0, 0.05) is 16.5 Å². The largest absolute Gasteiger partial charge is 0.385 e. The second-order valence-corrected chi connectivity index (χ2v) is 5.71. The van der Waals surface area contributed by atoms with Gasteiger partial charge in [-0.05, 0) is 24.4 Å². The van der Waals surface area contributed by atoms with Gasteiger partial charge < -0.3 is 5.73 Å². The molecule has 1 aromatic carbocycles. The SMILES string of the molecule is Cc1ncc(Cn2c(N)cc3ccccc3c2=O)s1. The fourth-order valence-corrected chi connectivity index (χ4v) is 2.90. The van der Waals surface area contributed by atoms with Gasteiger partial charge in [0.2, 0.25) is 0 Å². The van der Waals surface area contributed by atoms with Crippen molar-refractivity contribution in [2.45, 2.75) is 13.5 Å². The van der Waals surface area contributed by atoms with Crippen molar-refractivity contribution < 1.29 is 0 Å². The maximum Gasteiger partial charge on any atom is 0.260 e. The van der Waals surface area contributed by atoms with Crippen LogP contribution in [0.2, 0.25) is 0 Å². The van der Waals surface area contributed by atoms with Crippen LogP contribution in [0.5, 0.6) is 0 Å². The molecule has 3 aromatic rings. The van der Waals surface area contributed by atoms with Gasteiger partial charge in [-0.3, -0.25) is 9.36 Å². The maximum absolute atomic E-state index is 12.4. The molecule has 0 radical (unpaired) electrons. The molecule has 19 heavy (non-hydrogen) atoms. The van der Waals surface area contributed by atoms with Gasteiger partial charge in [0.15, 0.2) is 0 Å². The smallest absolute Gasteiger partial charge is 0.260 e. The van der Waals surface area contributed by atoms with Crippen molar-refractivity contribution in [3.63, 3.8) is 0 Å². The topological polar surface area (TPSA) is 60.9 Å². The van der Waals surface area contributed by atoms with E-state index in [-0.39, 0.29) is 5.56 Å². The van der Waals surface area contributed by atoms with Gasteiger partial charge in [0.05, 0.1) is 11.6 Å². The highest BCUT2D eigenvalue weighted by Crippen LogP contribution is 2.17. The summed E-state index contributed by atoms with van der Waals surface area (Å²) in [7, 11) is 0. The summed E-state index contributed by atoms with van der Waals surface area (Å²) in [6.07, 6.45) is 1.79. The van der Waals surface area contributed by atoms with Crippen molar-refractivity contribution in [1.29, 1.82) is 0 Å². The number of benzene rings is 1. The molecule has 0 atom stereocenters. The predicted molar refractivity (Wildman–Crippen MR) is 78.6 cm³/mol. The molecule has 5 heteroatoms. The lowest BCUT2D eigenvalue weighted by atomic mass is 10.1. The van der Waals surface area contributed by atoms with Crippen LogP contribution < -0.4 is 11.3 Å². The molecular weight excluding hydrogens is 258 g/mol. The molecule has 0 amide bonds. The molecule has 2 N–H and O–H groups in total. The fourth-order valence-electron chi connectivity index (χ4n) is 2.11. The number of aryl methyl sites for hydroxylation is 1. The zero-order chi connectivity index (χ0) is 13.4. The van der Waals surface area contributed by atoms with Crippen LogP contribution in [0.15, 0.2) is 41.3 Å². The molecule has 0 spiro atoms. The highest BCUT2D eigenvalue weighted by atomic mass is 32.1. The first kappa shape index (κ1) is 11.9. The second-order valence-electron chi connectivity index (χ2n) is 4.39. The summed E-state index contributed by atoms with van der Waals surface area (Å²) in [5.41, 5.74) is 5.94. The third-order valence-corrected chi connectivity index (χ3v) is 3.93. The molecule has 0 fully saturated rings. The first-order valence-corrected chi connectivity index (χ1v) is 6.76. The van der Waals surface area contributed by atoms with E-state index in [1.165, 1.54) is 0 Å². The summed E-state index contributed by atoms with van der Waals surface area (Å²) < 4.78 is 1.59. The number of hydrogen-bond donors (Lipinski definition) is 1. The average molecular weight is 271 g/mol. The normalized spacial score (nSPS) is 11.0. The lowest BCUT2D eigenvalue weighted by Crippen LogP contribution is -2.23. The highest BCUT2D eigenvalue weighted by molar-refractivity contribution is 7.11. The Morgan fingerprint density at radius 3 is 2.89 bits per heavy atom. The summed E-state index contributed by atoms with van der Waals surface area (Å²) in [5, 5.41) is 2.56. The first-order valence-electron chi connectivity index (χ1n) is 5.94. The number of thiazole rings is 1. The Labute approximate surface area is 114 Å². The van der Waals surface area contributed by atoms with Crippen molar-refractivity contribution in [2.75, 3.05) is 5.73 Å². The van der Waals surface area contributed by atoms with E-state index >= 15 is 0 Å². The Kier molecular flexibility index (Phi) is 2.83. The summed E-state index contributed by atoms with van der Waals surface area (Å²) in [6.45, 7) is 2.42. The maximum atomic E-state index is 12.4. The number of aromatic nitrogens is 2. The molecule has 0 aliphatic heterocycles. The van der Waals surface area contributed by atoms with Crippen LogP contribution in [-0.2, 0) is 6.54 Å². The summed E-state index contributed by atoms with van der Waals surface area (Å²) in [4.78, 5) is 17.7. The Bertz CT molecular complexity index is 804. The van der Waals surface area contributed by atoms with Crippen molar-refractivity contribution in [3.05, 3.63) is 56.8 Å². The van der Waals surface area contributed by atoms with Crippen LogP contribution in [0.25, 0.3) is 10.8 Å². The molecule has 4 nitrogen and oxygen atoms in total. The van der Waals surface area contributed by atoms with E-state index in [4.69, 9.17) is 5.73 Å². The van der Waals surface area contributed by atoms with Gasteiger partial charge in [-0.15, -0.1) is 11.3 Å². The molecule has 2 heterocycles. The van der Waals surface area contributed by atoms with Crippen molar-refractivity contribution in [3.8, 4) is 0 Å². The van der Waals surface area contributed by atoms with Crippen LogP contribution in [0.1, 0.15) is 9.88 Å². The number of nitrogens with two attached hydrogens (primary N) is 1. The minimum Gasteiger partial charge on any atom is -0.385 e. The Morgan fingerprint density at radius 2 is 2.16 bits per heavy atom. The minimum absolute atomic E-state index is 0.0540. The van der Waals surface area contributed by atoms with Crippen LogP contribution in [0.3, 0.4) is 0 Å². The third kappa shape index (κ3) is 2.13. The molecule has 0 saturated heterocycles. The van der Waals surface area contributed by atoms with E-state index in [2.05, 4.69) is 4.98 Å². The van der Waals surface area contributed by atoms with Crippen molar-refractivity contribution in [1.82, 2.24) is 9.55 Å². The molecule has 96 valence electrons. The summed E-state index contributed by atoms with van der Waals surface area (Å²) in [5.74, 6) is 0.481. The van der Waals surface area contributed by atoms with E-state index in [9.17, 15) is 4.79 Å². The molecule has 0 unspecified atom stereocenters. The zero-order valence-electron chi connectivity index (χ0n) is 10.5. The Balaban J connectivity index is 2.15. The van der Waals surface area contributed by atoms with Crippen LogP contribution in [0, 0.1) is 6.92 Å². The van der Waals surface area contributed by atoms with E-state index in [0.29, 0.717) is 17.7 Å². The number of hydrogen-bond acceptors (Lipinski definition) is 4. The summed E-state index contributed by atoms with van der Waals surface area (Å²) in [6, 6.07) is 9.32. The van der Waals surface area contributed by atoms with Gasteiger partial charge >= 0.3 is 0 Å². The molecule has 0 aliphatic carbocycles. The predicted octanol–water partition coefficient (Wildman–Crippen LogP) is 2.40. The van der Waals surface area contributed by atoms with Gasteiger partial charge in [0.25, 0.3) is 5.56 Å². The summed E-state index contributed by atoms with van der Waals surface area (Å²) >= 11 is 1.58. The highest BCUT2D eigenvalue weighted by Gasteiger charge is 2.08. The monoisotopic (exact) mass is 271 g/mol. The van der Waals surface area contributed by atoms with Crippen molar-refractivity contribution in [2.24, 2.45) is 0 Å². The minimum atomic E-state index is -0.0540. The fraction of sp³-hybridized carbons (Fsp3) is 0.143. The standard InChI is InChI=1S/C14H13N3OS/c1-9-16-7-11(19-9)8-17-13(15)6-10-4-2-3-5-12(10)14(17)18/h2-7H,8,15H2,1H3. The molecule has 0 aliphatic rings. The number of fused-ring (bicyclic) bond motifs is 1. The number of pyridine rings is 1. The van der Waals surface area contributed by atoms with Crippen molar-refractivity contribution >= 4 is 27.9 Å².